The number of imidazole rings is 1. The maximum Gasteiger partial charge on any atom is 0.251 e. The minimum atomic E-state index is -0.0677. The van der Waals surface area contributed by atoms with E-state index in [1.54, 1.807) is 0 Å². The number of hydrogen-bond acceptors (Lipinski definition) is 2. The predicted molar refractivity (Wildman–Crippen MR) is 82.3 cm³/mol. The highest BCUT2D eigenvalue weighted by Gasteiger charge is 2.09. The Hall–Kier alpha value is -2.62. The molecule has 0 radical (unpaired) electrons. The number of nitrogens with zero attached hydrogens (tertiary/aromatic N) is 2. The van der Waals surface area contributed by atoms with Crippen molar-refractivity contribution in [3.8, 4) is 0 Å². The van der Waals surface area contributed by atoms with Crippen molar-refractivity contribution in [2.24, 2.45) is 0 Å². The normalized spacial score (nSPS) is 10.8. The summed E-state index contributed by atoms with van der Waals surface area (Å²) in [5.74, 6) is -0.0677. The number of benzene rings is 1. The minimum Gasteiger partial charge on any atom is -0.346 e. The third kappa shape index (κ3) is 2.65. The molecule has 0 aliphatic rings. The van der Waals surface area contributed by atoms with Gasteiger partial charge in [0.25, 0.3) is 5.91 Å². The summed E-state index contributed by atoms with van der Waals surface area (Å²) in [6.45, 7) is 4.38. The standard InChI is InChI=1S/C17H17N3O/c1-12-6-3-4-8-15(12)17(21)18-10-14-11-20-9-5-7-13(2)16(20)19-14/h3-9,11H,10H2,1-2H3,(H,18,21). The first kappa shape index (κ1) is 13.4. The molecular weight excluding hydrogens is 262 g/mol. The van der Waals surface area contributed by atoms with Gasteiger partial charge in [0.15, 0.2) is 0 Å². The van der Waals surface area contributed by atoms with E-state index in [4.69, 9.17) is 0 Å². The third-order valence-electron chi connectivity index (χ3n) is 3.55. The van der Waals surface area contributed by atoms with Crippen LogP contribution in [0, 0.1) is 13.8 Å². The van der Waals surface area contributed by atoms with Crippen molar-refractivity contribution in [2.45, 2.75) is 20.4 Å². The first-order valence-electron chi connectivity index (χ1n) is 6.92. The molecule has 0 atom stereocenters. The Morgan fingerprint density at radius 2 is 1.90 bits per heavy atom. The summed E-state index contributed by atoms with van der Waals surface area (Å²) in [5.41, 5.74) is 4.58. The van der Waals surface area contributed by atoms with Gasteiger partial charge in [-0.2, -0.15) is 0 Å². The number of pyridine rings is 1. The summed E-state index contributed by atoms with van der Waals surface area (Å²) in [4.78, 5) is 16.7. The van der Waals surface area contributed by atoms with E-state index in [0.29, 0.717) is 12.1 Å². The monoisotopic (exact) mass is 279 g/mol. The second kappa shape index (κ2) is 5.40. The summed E-state index contributed by atoms with van der Waals surface area (Å²) < 4.78 is 1.98. The van der Waals surface area contributed by atoms with Gasteiger partial charge in [0.05, 0.1) is 12.2 Å². The highest BCUT2D eigenvalue weighted by Crippen LogP contribution is 2.10. The minimum absolute atomic E-state index is 0.0677. The Labute approximate surface area is 123 Å². The largest absolute Gasteiger partial charge is 0.346 e. The zero-order chi connectivity index (χ0) is 14.8. The van der Waals surface area contributed by atoms with Crippen LogP contribution in [0.4, 0.5) is 0 Å². The lowest BCUT2D eigenvalue weighted by atomic mass is 10.1. The van der Waals surface area contributed by atoms with Gasteiger partial charge in [0.1, 0.15) is 5.65 Å². The molecule has 2 heterocycles. The smallest absolute Gasteiger partial charge is 0.251 e. The predicted octanol–water partition coefficient (Wildman–Crippen LogP) is 2.88. The van der Waals surface area contributed by atoms with Crippen LogP contribution in [0.15, 0.2) is 48.8 Å². The SMILES string of the molecule is Cc1ccccc1C(=O)NCc1cn2cccc(C)c2n1. The van der Waals surface area contributed by atoms with Crippen LogP contribution in [0.3, 0.4) is 0 Å². The number of nitrogens with one attached hydrogen (secondary N) is 1. The molecule has 1 N–H and O–H groups in total. The van der Waals surface area contributed by atoms with Crippen molar-refractivity contribution in [1.29, 1.82) is 0 Å². The molecule has 0 bridgehead atoms. The van der Waals surface area contributed by atoms with Gasteiger partial charge in [0.2, 0.25) is 0 Å². The fourth-order valence-electron chi connectivity index (χ4n) is 2.38. The van der Waals surface area contributed by atoms with Crippen LogP contribution in [0.5, 0.6) is 0 Å². The van der Waals surface area contributed by atoms with E-state index in [2.05, 4.69) is 10.3 Å². The summed E-state index contributed by atoms with van der Waals surface area (Å²) in [5, 5.41) is 2.92. The summed E-state index contributed by atoms with van der Waals surface area (Å²) in [6.07, 6.45) is 3.91. The molecule has 0 saturated carbocycles. The van der Waals surface area contributed by atoms with Gasteiger partial charge >= 0.3 is 0 Å². The summed E-state index contributed by atoms with van der Waals surface area (Å²) in [7, 11) is 0. The first-order chi connectivity index (χ1) is 10.1. The third-order valence-corrected chi connectivity index (χ3v) is 3.55. The van der Waals surface area contributed by atoms with Crippen LogP contribution < -0.4 is 5.32 Å². The van der Waals surface area contributed by atoms with Crippen molar-refractivity contribution in [1.82, 2.24) is 14.7 Å². The van der Waals surface area contributed by atoms with E-state index in [9.17, 15) is 4.79 Å². The zero-order valence-corrected chi connectivity index (χ0v) is 12.1. The Bertz CT molecular complexity index is 805. The quantitative estimate of drug-likeness (QED) is 0.801. The molecule has 3 rings (SSSR count). The number of hydrogen-bond donors (Lipinski definition) is 1. The Kier molecular flexibility index (Phi) is 3.44. The Morgan fingerprint density at radius 1 is 1.14 bits per heavy atom. The van der Waals surface area contributed by atoms with Crippen LogP contribution in [-0.2, 0) is 6.54 Å². The molecule has 1 amide bonds. The highest BCUT2D eigenvalue weighted by atomic mass is 16.1. The van der Waals surface area contributed by atoms with Gasteiger partial charge in [-0.05, 0) is 37.1 Å². The maximum absolute atomic E-state index is 12.2. The van der Waals surface area contributed by atoms with Gasteiger partial charge in [-0.1, -0.05) is 24.3 Å². The number of carbonyl (C=O) groups excluding carboxylic acids is 1. The first-order valence-corrected chi connectivity index (χ1v) is 6.92. The van der Waals surface area contributed by atoms with E-state index in [-0.39, 0.29) is 5.91 Å². The molecule has 0 fully saturated rings. The number of rotatable bonds is 3. The Balaban J connectivity index is 1.76. The molecule has 0 aliphatic carbocycles. The molecule has 106 valence electrons. The topological polar surface area (TPSA) is 46.4 Å². The lowest BCUT2D eigenvalue weighted by molar-refractivity contribution is 0.0950. The molecule has 4 nitrogen and oxygen atoms in total. The molecule has 4 heteroatoms. The average Bonchev–Trinajstić information content (AvgIpc) is 2.90. The highest BCUT2D eigenvalue weighted by molar-refractivity contribution is 5.95. The number of fused-ring (bicyclic) bond motifs is 1. The second-order valence-corrected chi connectivity index (χ2v) is 5.15. The molecular formula is C17H17N3O. The van der Waals surface area contributed by atoms with Crippen LogP contribution in [0.25, 0.3) is 5.65 Å². The van der Waals surface area contributed by atoms with E-state index in [1.165, 1.54) is 0 Å². The molecule has 0 aliphatic heterocycles. The van der Waals surface area contributed by atoms with Crippen molar-refractivity contribution in [2.75, 3.05) is 0 Å². The number of amides is 1. The van der Waals surface area contributed by atoms with Gasteiger partial charge in [-0.3, -0.25) is 4.79 Å². The fraction of sp³-hybridized carbons (Fsp3) is 0.176. The summed E-state index contributed by atoms with van der Waals surface area (Å²) in [6, 6.07) is 11.6. The number of aryl methyl sites for hydroxylation is 2. The molecule has 21 heavy (non-hydrogen) atoms. The lowest BCUT2D eigenvalue weighted by Gasteiger charge is -2.05. The number of carbonyl (C=O) groups is 1. The average molecular weight is 279 g/mol. The van der Waals surface area contributed by atoms with Gasteiger partial charge < -0.3 is 9.72 Å². The second-order valence-electron chi connectivity index (χ2n) is 5.15. The molecule has 0 spiro atoms. The van der Waals surface area contributed by atoms with Crippen LogP contribution in [0.1, 0.15) is 27.2 Å². The van der Waals surface area contributed by atoms with E-state index in [0.717, 1.165) is 22.5 Å². The maximum atomic E-state index is 12.2. The molecule has 0 unspecified atom stereocenters. The van der Waals surface area contributed by atoms with E-state index < -0.39 is 0 Å². The van der Waals surface area contributed by atoms with Gasteiger partial charge in [0, 0.05) is 18.0 Å². The molecule has 2 aromatic heterocycles. The van der Waals surface area contributed by atoms with Crippen molar-refractivity contribution in [3.63, 3.8) is 0 Å². The number of aromatic nitrogens is 2. The van der Waals surface area contributed by atoms with Gasteiger partial charge in [-0.15, -0.1) is 0 Å². The van der Waals surface area contributed by atoms with E-state index in [1.807, 2.05) is 67.0 Å². The van der Waals surface area contributed by atoms with E-state index >= 15 is 0 Å². The zero-order valence-electron chi connectivity index (χ0n) is 12.1. The summed E-state index contributed by atoms with van der Waals surface area (Å²) >= 11 is 0. The van der Waals surface area contributed by atoms with Crippen LogP contribution in [0.2, 0.25) is 0 Å². The van der Waals surface area contributed by atoms with Gasteiger partial charge in [-0.25, -0.2) is 4.98 Å². The van der Waals surface area contributed by atoms with Crippen molar-refractivity contribution < 1.29 is 4.79 Å². The molecule has 3 aromatic rings. The lowest BCUT2D eigenvalue weighted by Crippen LogP contribution is -2.23. The van der Waals surface area contributed by atoms with Crippen molar-refractivity contribution >= 4 is 11.6 Å². The Morgan fingerprint density at radius 3 is 2.67 bits per heavy atom. The molecule has 0 saturated heterocycles. The van der Waals surface area contributed by atoms with Crippen LogP contribution in [-0.4, -0.2) is 15.3 Å². The molecule has 1 aromatic carbocycles. The fourth-order valence-corrected chi connectivity index (χ4v) is 2.38. The van der Waals surface area contributed by atoms with Crippen LogP contribution >= 0.6 is 0 Å². The van der Waals surface area contributed by atoms with Crippen molar-refractivity contribution in [3.05, 3.63) is 71.2 Å².